The van der Waals surface area contributed by atoms with Crippen molar-refractivity contribution in [3.05, 3.63) is 84.4 Å². The molecule has 0 radical (unpaired) electrons. The molecule has 3 aromatic carbocycles. The van der Waals surface area contributed by atoms with E-state index in [4.69, 9.17) is 0 Å². The van der Waals surface area contributed by atoms with Gasteiger partial charge in [0.2, 0.25) is 5.91 Å². The predicted octanol–water partition coefficient (Wildman–Crippen LogP) is 3.87. The SMILES string of the molecule is O=C(Nc1ccccc1N1CCCC1=O)c1ccc(S(=O)(=O)Nc2ccccc2)cc1. The van der Waals surface area contributed by atoms with Gasteiger partial charge in [0, 0.05) is 24.2 Å². The Morgan fingerprint density at radius 3 is 2.23 bits per heavy atom. The second-order valence-electron chi connectivity index (χ2n) is 7.12. The van der Waals surface area contributed by atoms with E-state index >= 15 is 0 Å². The van der Waals surface area contributed by atoms with E-state index in [-0.39, 0.29) is 16.7 Å². The van der Waals surface area contributed by atoms with Gasteiger partial charge < -0.3 is 10.2 Å². The number of sulfonamides is 1. The molecule has 7 nitrogen and oxygen atoms in total. The first-order chi connectivity index (χ1) is 14.9. The fraction of sp³-hybridized carbons (Fsp3) is 0.130. The monoisotopic (exact) mass is 435 g/mol. The standard InChI is InChI=1S/C23H21N3O4S/c27-22-11-6-16-26(22)21-10-5-4-9-20(21)24-23(28)17-12-14-19(15-13-17)31(29,30)25-18-7-2-1-3-8-18/h1-5,7-10,12-15,25H,6,11,16H2,(H,24,28). The van der Waals surface area contributed by atoms with E-state index in [0.717, 1.165) is 6.42 Å². The molecule has 1 fully saturated rings. The molecule has 8 heteroatoms. The lowest BCUT2D eigenvalue weighted by molar-refractivity contribution is -0.117. The average molecular weight is 436 g/mol. The van der Waals surface area contributed by atoms with Gasteiger partial charge in [0.1, 0.15) is 0 Å². The van der Waals surface area contributed by atoms with Crippen molar-refractivity contribution in [3.8, 4) is 0 Å². The van der Waals surface area contributed by atoms with Gasteiger partial charge in [-0.15, -0.1) is 0 Å². The lowest BCUT2D eigenvalue weighted by Crippen LogP contribution is -2.25. The lowest BCUT2D eigenvalue weighted by Gasteiger charge is -2.20. The van der Waals surface area contributed by atoms with Crippen molar-refractivity contribution >= 4 is 38.9 Å². The van der Waals surface area contributed by atoms with Gasteiger partial charge in [-0.05, 0) is 55.0 Å². The molecule has 0 atom stereocenters. The molecule has 31 heavy (non-hydrogen) atoms. The van der Waals surface area contributed by atoms with Crippen LogP contribution in [0.4, 0.5) is 17.1 Å². The van der Waals surface area contributed by atoms with Crippen LogP contribution >= 0.6 is 0 Å². The number of anilines is 3. The number of rotatable bonds is 6. The predicted molar refractivity (Wildman–Crippen MR) is 120 cm³/mol. The fourth-order valence-corrected chi connectivity index (χ4v) is 4.48. The van der Waals surface area contributed by atoms with Crippen LogP contribution in [0.2, 0.25) is 0 Å². The zero-order valence-electron chi connectivity index (χ0n) is 16.6. The Kier molecular flexibility index (Phi) is 5.73. The van der Waals surface area contributed by atoms with Crippen molar-refractivity contribution in [2.75, 3.05) is 21.5 Å². The van der Waals surface area contributed by atoms with Crippen LogP contribution in [0.3, 0.4) is 0 Å². The van der Waals surface area contributed by atoms with Gasteiger partial charge in [-0.3, -0.25) is 14.3 Å². The molecule has 1 heterocycles. The van der Waals surface area contributed by atoms with Gasteiger partial charge in [0.15, 0.2) is 0 Å². The van der Waals surface area contributed by atoms with Gasteiger partial charge >= 0.3 is 0 Å². The smallest absolute Gasteiger partial charge is 0.261 e. The lowest BCUT2D eigenvalue weighted by atomic mass is 10.2. The van der Waals surface area contributed by atoms with E-state index in [0.29, 0.717) is 35.6 Å². The van der Waals surface area contributed by atoms with Gasteiger partial charge in [-0.1, -0.05) is 30.3 Å². The number of nitrogens with one attached hydrogen (secondary N) is 2. The van der Waals surface area contributed by atoms with Crippen LogP contribution < -0.4 is 14.9 Å². The maximum Gasteiger partial charge on any atom is 0.261 e. The Hall–Kier alpha value is -3.65. The highest BCUT2D eigenvalue weighted by Crippen LogP contribution is 2.29. The van der Waals surface area contributed by atoms with Crippen molar-refractivity contribution in [2.24, 2.45) is 0 Å². The zero-order chi connectivity index (χ0) is 21.8. The van der Waals surface area contributed by atoms with E-state index in [9.17, 15) is 18.0 Å². The molecule has 0 unspecified atom stereocenters. The quantitative estimate of drug-likeness (QED) is 0.614. The molecule has 1 saturated heterocycles. The summed E-state index contributed by atoms with van der Waals surface area (Å²) in [5, 5.41) is 2.82. The molecule has 2 N–H and O–H groups in total. The highest BCUT2D eigenvalue weighted by atomic mass is 32.2. The minimum absolute atomic E-state index is 0.0298. The molecule has 0 bridgehead atoms. The second-order valence-corrected chi connectivity index (χ2v) is 8.80. The first-order valence-electron chi connectivity index (χ1n) is 9.83. The Morgan fingerprint density at radius 1 is 0.871 bits per heavy atom. The number of para-hydroxylation sites is 3. The molecule has 158 valence electrons. The average Bonchev–Trinajstić information content (AvgIpc) is 3.20. The first-order valence-corrected chi connectivity index (χ1v) is 11.3. The number of nitrogens with zero attached hydrogens (tertiary/aromatic N) is 1. The summed E-state index contributed by atoms with van der Waals surface area (Å²) in [6.07, 6.45) is 1.28. The molecule has 0 aromatic heterocycles. The summed E-state index contributed by atoms with van der Waals surface area (Å²) in [5.41, 5.74) is 1.95. The molecule has 0 spiro atoms. The molecule has 0 aliphatic carbocycles. The highest BCUT2D eigenvalue weighted by Gasteiger charge is 2.24. The normalized spacial score (nSPS) is 13.8. The summed E-state index contributed by atoms with van der Waals surface area (Å²) in [4.78, 5) is 26.5. The number of carbonyl (C=O) groups excluding carboxylic acids is 2. The van der Waals surface area contributed by atoms with Crippen LogP contribution in [0, 0.1) is 0 Å². The number of hydrogen-bond donors (Lipinski definition) is 2. The fourth-order valence-electron chi connectivity index (χ4n) is 3.42. The minimum atomic E-state index is -3.76. The number of benzene rings is 3. The summed E-state index contributed by atoms with van der Waals surface area (Å²) in [6, 6.07) is 21.4. The molecule has 2 amide bonds. The summed E-state index contributed by atoms with van der Waals surface area (Å²) in [6.45, 7) is 0.618. The molecule has 1 aliphatic rings. The van der Waals surface area contributed by atoms with E-state index in [2.05, 4.69) is 10.0 Å². The maximum atomic E-state index is 12.7. The number of carbonyl (C=O) groups is 2. The zero-order valence-corrected chi connectivity index (χ0v) is 17.4. The van der Waals surface area contributed by atoms with E-state index < -0.39 is 10.0 Å². The molecule has 0 saturated carbocycles. The summed E-state index contributed by atoms with van der Waals surface area (Å²) < 4.78 is 27.6. The van der Waals surface area contributed by atoms with E-state index in [1.54, 1.807) is 53.4 Å². The van der Waals surface area contributed by atoms with Crippen LogP contribution in [-0.2, 0) is 14.8 Å². The van der Waals surface area contributed by atoms with Crippen molar-refractivity contribution in [1.29, 1.82) is 0 Å². The van der Waals surface area contributed by atoms with Gasteiger partial charge in [0.05, 0.1) is 16.3 Å². The largest absolute Gasteiger partial charge is 0.320 e. The molecule has 4 rings (SSSR count). The number of amides is 2. The van der Waals surface area contributed by atoms with Gasteiger partial charge in [-0.25, -0.2) is 8.42 Å². The van der Waals surface area contributed by atoms with Crippen LogP contribution in [-0.4, -0.2) is 26.8 Å². The Bertz CT molecular complexity index is 1210. The third kappa shape index (κ3) is 4.59. The first kappa shape index (κ1) is 20.6. The summed E-state index contributed by atoms with van der Waals surface area (Å²) >= 11 is 0. The van der Waals surface area contributed by atoms with Crippen LogP contribution in [0.15, 0.2) is 83.8 Å². The minimum Gasteiger partial charge on any atom is -0.320 e. The van der Waals surface area contributed by atoms with Crippen LogP contribution in [0.5, 0.6) is 0 Å². The van der Waals surface area contributed by atoms with Gasteiger partial charge in [-0.2, -0.15) is 0 Å². The van der Waals surface area contributed by atoms with Crippen molar-refractivity contribution in [2.45, 2.75) is 17.7 Å². The maximum absolute atomic E-state index is 12.7. The summed E-state index contributed by atoms with van der Waals surface area (Å²) in [7, 11) is -3.76. The Morgan fingerprint density at radius 2 is 1.55 bits per heavy atom. The van der Waals surface area contributed by atoms with Gasteiger partial charge in [0.25, 0.3) is 15.9 Å². The third-order valence-electron chi connectivity index (χ3n) is 4.97. The highest BCUT2D eigenvalue weighted by molar-refractivity contribution is 7.92. The topological polar surface area (TPSA) is 95.6 Å². The molecule has 1 aliphatic heterocycles. The van der Waals surface area contributed by atoms with E-state index in [1.807, 2.05) is 6.07 Å². The van der Waals surface area contributed by atoms with Crippen molar-refractivity contribution in [1.82, 2.24) is 0 Å². The molecular weight excluding hydrogens is 414 g/mol. The third-order valence-corrected chi connectivity index (χ3v) is 6.37. The van der Waals surface area contributed by atoms with Crippen molar-refractivity contribution < 1.29 is 18.0 Å². The Labute approximate surface area is 180 Å². The van der Waals surface area contributed by atoms with Crippen LogP contribution in [0.25, 0.3) is 0 Å². The summed E-state index contributed by atoms with van der Waals surface area (Å²) in [5.74, 6) is -0.360. The number of hydrogen-bond acceptors (Lipinski definition) is 4. The molecular formula is C23H21N3O4S. The van der Waals surface area contributed by atoms with E-state index in [1.165, 1.54) is 24.3 Å². The van der Waals surface area contributed by atoms with Crippen LogP contribution in [0.1, 0.15) is 23.2 Å². The second kappa shape index (κ2) is 8.61. The van der Waals surface area contributed by atoms with Crippen molar-refractivity contribution in [3.63, 3.8) is 0 Å². The Balaban J connectivity index is 1.50. The molecule has 3 aromatic rings.